The standard InChI is InChI=1S/C17H21ClN2O4/c1-2-19-9-7-17(8-10-19)20(14(11-24-17)16(22)23)15(21)12-3-5-13(18)6-4-12/h3-6,14H,2,7-11H2,1H3,(H,22,23)/t14-/m1/s1. The van der Waals surface area contributed by atoms with Gasteiger partial charge in [0.05, 0.1) is 6.61 Å². The summed E-state index contributed by atoms with van der Waals surface area (Å²) < 4.78 is 5.90. The molecule has 2 fully saturated rings. The van der Waals surface area contributed by atoms with Gasteiger partial charge in [-0.15, -0.1) is 0 Å². The van der Waals surface area contributed by atoms with Gasteiger partial charge in [0.25, 0.3) is 5.91 Å². The third kappa shape index (κ3) is 3.01. The maximum Gasteiger partial charge on any atom is 0.328 e. The summed E-state index contributed by atoms with van der Waals surface area (Å²) in [6, 6.07) is 5.55. The Kier molecular flexibility index (Phi) is 4.80. The fourth-order valence-electron chi connectivity index (χ4n) is 3.51. The Balaban J connectivity index is 1.91. The first kappa shape index (κ1) is 17.2. The van der Waals surface area contributed by atoms with Crippen molar-refractivity contribution in [1.29, 1.82) is 0 Å². The van der Waals surface area contributed by atoms with Gasteiger partial charge in [0, 0.05) is 36.5 Å². The summed E-state index contributed by atoms with van der Waals surface area (Å²) in [6.45, 7) is 4.62. The third-order valence-electron chi connectivity index (χ3n) is 4.94. The minimum absolute atomic E-state index is 0.0286. The highest BCUT2D eigenvalue weighted by Crippen LogP contribution is 2.38. The van der Waals surface area contributed by atoms with Crippen molar-refractivity contribution >= 4 is 23.5 Å². The van der Waals surface area contributed by atoms with Crippen LogP contribution in [0.25, 0.3) is 0 Å². The number of hydrogen-bond acceptors (Lipinski definition) is 4. The van der Waals surface area contributed by atoms with Gasteiger partial charge in [0.1, 0.15) is 5.72 Å². The van der Waals surface area contributed by atoms with Crippen LogP contribution >= 0.6 is 11.6 Å². The maximum atomic E-state index is 13.0. The summed E-state index contributed by atoms with van der Waals surface area (Å²) in [7, 11) is 0. The lowest BCUT2D eigenvalue weighted by molar-refractivity contribution is -0.143. The van der Waals surface area contributed by atoms with E-state index in [-0.39, 0.29) is 12.5 Å². The van der Waals surface area contributed by atoms with Gasteiger partial charge in [-0.05, 0) is 30.8 Å². The summed E-state index contributed by atoms with van der Waals surface area (Å²) in [5.41, 5.74) is -0.403. The van der Waals surface area contributed by atoms with Crippen LogP contribution in [0.2, 0.25) is 5.02 Å². The first-order chi connectivity index (χ1) is 11.5. The molecule has 130 valence electrons. The summed E-state index contributed by atoms with van der Waals surface area (Å²) in [4.78, 5) is 28.4. The number of ether oxygens (including phenoxy) is 1. The van der Waals surface area contributed by atoms with E-state index < -0.39 is 17.7 Å². The van der Waals surface area contributed by atoms with Gasteiger partial charge >= 0.3 is 5.97 Å². The van der Waals surface area contributed by atoms with Crippen molar-refractivity contribution in [2.75, 3.05) is 26.2 Å². The molecule has 1 spiro atoms. The first-order valence-corrected chi connectivity index (χ1v) is 8.53. The number of carbonyl (C=O) groups is 2. The molecule has 1 N–H and O–H groups in total. The third-order valence-corrected chi connectivity index (χ3v) is 5.19. The number of nitrogens with zero attached hydrogens (tertiary/aromatic N) is 2. The molecule has 6 nitrogen and oxygen atoms in total. The molecule has 0 radical (unpaired) electrons. The predicted molar refractivity (Wildman–Crippen MR) is 89.1 cm³/mol. The lowest BCUT2D eigenvalue weighted by Gasteiger charge is -2.44. The number of halogens is 1. The highest BCUT2D eigenvalue weighted by atomic mass is 35.5. The van der Waals surface area contributed by atoms with E-state index in [4.69, 9.17) is 16.3 Å². The van der Waals surface area contributed by atoms with E-state index in [9.17, 15) is 14.7 Å². The lowest BCUT2D eigenvalue weighted by Crippen LogP contribution is -2.58. The van der Waals surface area contributed by atoms with Crippen LogP contribution in [0.15, 0.2) is 24.3 Å². The van der Waals surface area contributed by atoms with E-state index in [1.165, 1.54) is 4.90 Å². The van der Waals surface area contributed by atoms with Crippen molar-refractivity contribution in [3.8, 4) is 0 Å². The number of piperidine rings is 1. The minimum Gasteiger partial charge on any atom is -0.480 e. The van der Waals surface area contributed by atoms with E-state index in [1.807, 2.05) is 0 Å². The monoisotopic (exact) mass is 352 g/mol. The fraction of sp³-hybridized carbons (Fsp3) is 0.529. The highest BCUT2D eigenvalue weighted by Gasteiger charge is 2.53. The second-order valence-electron chi connectivity index (χ2n) is 6.23. The molecule has 2 aliphatic heterocycles. The van der Waals surface area contributed by atoms with E-state index in [1.54, 1.807) is 24.3 Å². The van der Waals surface area contributed by atoms with Crippen molar-refractivity contribution in [2.45, 2.75) is 31.5 Å². The second kappa shape index (κ2) is 6.70. The number of aliphatic carboxylic acids is 1. The number of carbonyl (C=O) groups excluding carboxylic acids is 1. The quantitative estimate of drug-likeness (QED) is 0.901. The van der Waals surface area contributed by atoms with E-state index in [2.05, 4.69) is 11.8 Å². The topological polar surface area (TPSA) is 70.1 Å². The van der Waals surface area contributed by atoms with Gasteiger partial charge in [-0.25, -0.2) is 4.79 Å². The summed E-state index contributed by atoms with van der Waals surface area (Å²) in [5, 5.41) is 10.1. The van der Waals surface area contributed by atoms with Crippen molar-refractivity contribution in [2.24, 2.45) is 0 Å². The van der Waals surface area contributed by atoms with Crippen LogP contribution in [0.4, 0.5) is 0 Å². The van der Waals surface area contributed by atoms with E-state index in [0.29, 0.717) is 23.4 Å². The second-order valence-corrected chi connectivity index (χ2v) is 6.66. The van der Waals surface area contributed by atoms with Crippen LogP contribution in [0, 0.1) is 0 Å². The molecule has 2 saturated heterocycles. The van der Waals surface area contributed by atoms with Crippen molar-refractivity contribution in [3.05, 3.63) is 34.9 Å². The molecule has 0 aliphatic carbocycles. The smallest absolute Gasteiger partial charge is 0.328 e. The molecule has 1 amide bonds. The highest BCUT2D eigenvalue weighted by molar-refractivity contribution is 6.30. The Morgan fingerprint density at radius 1 is 1.29 bits per heavy atom. The van der Waals surface area contributed by atoms with Gasteiger partial charge in [0.15, 0.2) is 6.04 Å². The van der Waals surface area contributed by atoms with Gasteiger partial charge < -0.3 is 14.7 Å². The average molecular weight is 353 g/mol. The Hall–Kier alpha value is -1.63. The van der Waals surface area contributed by atoms with E-state index >= 15 is 0 Å². The molecule has 0 saturated carbocycles. The van der Waals surface area contributed by atoms with Crippen LogP contribution in [0.3, 0.4) is 0 Å². The minimum atomic E-state index is -1.04. The van der Waals surface area contributed by atoms with Crippen LogP contribution in [-0.2, 0) is 9.53 Å². The number of amides is 1. The number of hydrogen-bond donors (Lipinski definition) is 1. The molecule has 3 rings (SSSR count). The first-order valence-electron chi connectivity index (χ1n) is 8.15. The molecule has 0 aromatic heterocycles. The van der Waals surface area contributed by atoms with Gasteiger partial charge in [-0.1, -0.05) is 18.5 Å². The number of rotatable bonds is 3. The molecule has 0 unspecified atom stereocenters. The number of carboxylic acid groups (broad SMARTS) is 1. The zero-order valence-corrected chi connectivity index (χ0v) is 14.3. The molecule has 24 heavy (non-hydrogen) atoms. The molecule has 7 heteroatoms. The fourth-order valence-corrected chi connectivity index (χ4v) is 3.63. The molecule has 2 aliphatic rings. The Labute approximate surface area is 145 Å². The Morgan fingerprint density at radius 2 is 1.92 bits per heavy atom. The summed E-state index contributed by atoms with van der Waals surface area (Å²) in [5.74, 6) is -1.35. The van der Waals surface area contributed by atoms with Crippen molar-refractivity contribution in [3.63, 3.8) is 0 Å². The molecule has 1 atom stereocenters. The number of benzene rings is 1. The SMILES string of the molecule is CCN1CCC2(CC1)OC[C@H](C(=O)O)N2C(=O)c1ccc(Cl)cc1. The molecule has 1 aromatic carbocycles. The number of carboxylic acids is 1. The summed E-state index contributed by atoms with van der Waals surface area (Å²) in [6.07, 6.45) is 1.23. The maximum absolute atomic E-state index is 13.0. The van der Waals surface area contributed by atoms with Gasteiger partial charge in [-0.2, -0.15) is 0 Å². The Bertz CT molecular complexity index is 626. The van der Waals surface area contributed by atoms with Crippen LogP contribution in [-0.4, -0.2) is 64.8 Å². The summed E-state index contributed by atoms with van der Waals surface area (Å²) >= 11 is 5.88. The molecular weight excluding hydrogens is 332 g/mol. The van der Waals surface area contributed by atoms with Crippen LogP contribution in [0.5, 0.6) is 0 Å². The van der Waals surface area contributed by atoms with Crippen LogP contribution < -0.4 is 0 Å². The van der Waals surface area contributed by atoms with Crippen LogP contribution in [0.1, 0.15) is 30.1 Å². The van der Waals surface area contributed by atoms with Crippen molar-refractivity contribution < 1.29 is 19.4 Å². The van der Waals surface area contributed by atoms with Gasteiger partial charge in [-0.3, -0.25) is 9.69 Å². The number of likely N-dealkylation sites (tertiary alicyclic amines) is 1. The largest absolute Gasteiger partial charge is 0.480 e. The normalized spacial score (nSPS) is 23.6. The van der Waals surface area contributed by atoms with E-state index in [0.717, 1.165) is 19.6 Å². The lowest BCUT2D eigenvalue weighted by atomic mass is 9.97. The molecule has 0 bridgehead atoms. The van der Waals surface area contributed by atoms with Crippen molar-refractivity contribution in [1.82, 2.24) is 9.80 Å². The van der Waals surface area contributed by atoms with Gasteiger partial charge in [0.2, 0.25) is 0 Å². The zero-order valence-electron chi connectivity index (χ0n) is 13.6. The molecule has 2 heterocycles. The Morgan fingerprint density at radius 3 is 2.46 bits per heavy atom. The molecular formula is C17H21ClN2O4. The zero-order chi connectivity index (χ0) is 17.3. The average Bonchev–Trinajstić information content (AvgIpc) is 2.95. The molecule has 1 aromatic rings. The predicted octanol–water partition coefficient (Wildman–Crippen LogP) is 2.08.